The first kappa shape index (κ1) is 59.3. The van der Waals surface area contributed by atoms with Gasteiger partial charge in [-0.3, -0.25) is 4.79 Å². The number of hydrogen-bond donors (Lipinski definition) is 6. The fourth-order valence-electron chi connectivity index (χ4n) is 8.50. The highest BCUT2D eigenvalue weighted by molar-refractivity contribution is 5.76. The lowest BCUT2D eigenvalue weighted by molar-refractivity contribution is -0.122. The highest BCUT2D eigenvalue weighted by Crippen LogP contribution is 2.37. The van der Waals surface area contributed by atoms with E-state index in [1.54, 1.807) is 0 Å². The van der Waals surface area contributed by atoms with E-state index in [4.69, 9.17) is 5.73 Å². The number of amides is 1. The number of aliphatic hydroxyl groups excluding tert-OH is 4. The van der Waals surface area contributed by atoms with E-state index >= 15 is 0 Å². The van der Waals surface area contributed by atoms with Gasteiger partial charge in [-0.25, -0.2) is 0 Å². The van der Waals surface area contributed by atoms with Crippen molar-refractivity contribution < 1.29 is 25.2 Å². The molecule has 1 aliphatic rings. The lowest BCUT2D eigenvalue weighted by Gasteiger charge is -2.22. The first-order valence-corrected chi connectivity index (χ1v) is 26.9. The third kappa shape index (κ3) is 40.1. The Bertz CT molecular complexity index is 885. The molecule has 1 aliphatic carbocycles. The Labute approximate surface area is 374 Å². The molecule has 7 N–H and O–H groups in total. The molecular formula is C53H108N2O5. The van der Waals surface area contributed by atoms with Gasteiger partial charge in [0.05, 0.1) is 30.5 Å². The van der Waals surface area contributed by atoms with Gasteiger partial charge in [0.15, 0.2) is 0 Å². The number of rotatable bonds is 45. The summed E-state index contributed by atoms with van der Waals surface area (Å²) in [7, 11) is 0. The van der Waals surface area contributed by atoms with Crippen molar-refractivity contribution in [3.8, 4) is 0 Å². The molecule has 0 radical (unpaired) electrons. The fourth-order valence-corrected chi connectivity index (χ4v) is 8.50. The van der Waals surface area contributed by atoms with Gasteiger partial charge in [-0.1, -0.05) is 239 Å². The molecule has 1 fully saturated rings. The normalized spacial score (nSPS) is 15.8. The lowest BCUT2D eigenvalue weighted by Crippen LogP contribution is -2.42. The first-order valence-electron chi connectivity index (χ1n) is 26.9. The molecule has 1 amide bonds. The third-order valence-electron chi connectivity index (χ3n) is 13.3. The molecule has 1 rings (SSSR count). The molecule has 0 spiro atoms. The van der Waals surface area contributed by atoms with Crippen LogP contribution in [-0.2, 0) is 4.79 Å². The Balaban J connectivity index is 0.00000133. The van der Waals surface area contributed by atoms with Crippen LogP contribution in [0.2, 0.25) is 0 Å². The molecule has 7 nitrogen and oxygen atoms in total. The summed E-state index contributed by atoms with van der Waals surface area (Å²) in [5.74, 6) is 0.0273. The maximum atomic E-state index is 12.2. The summed E-state index contributed by atoms with van der Waals surface area (Å²) in [5, 5.41) is 43.5. The molecule has 7 heteroatoms. The summed E-state index contributed by atoms with van der Waals surface area (Å²) in [6, 6.07) is -0.309. The van der Waals surface area contributed by atoms with Crippen molar-refractivity contribution >= 4 is 5.91 Å². The van der Waals surface area contributed by atoms with Crippen molar-refractivity contribution in [3.63, 3.8) is 0 Å². The van der Waals surface area contributed by atoms with Crippen LogP contribution < -0.4 is 11.1 Å². The van der Waals surface area contributed by atoms with Gasteiger partial charge in [0.1, 0.15) is 0 Å². The Hall–Kier alpha value is -0.730. The van der Waals surface area contributed by atoms with Crippen molar-refractivity contribution in [1.82, 2.24) is 5.32 Å². The minimum absolute atomic E-state index is 0.0273. The molecule has 60 heavy (non-hydrogen) atoms. The third-order valence-corrected chi connectivity index (χ3v) is 13.3. The minimum Gasteiger partial charge on any atom is -0.393 e. The number of nitrogens with one attached hydrogen (secondary N) is 1. The summed E-state index contributed by atoms with van der Waals surface area (Å²) < 4.78 is 0. The maximum absolute atomic E-state index is 12.2. The van der Waals surface area contributed by atoms with Crippen molar-refractivity contribution in [2.24, 2.45) is 5.73 Å². The van der Waals surface area contributed by atoms with E-state index in [0.29, 0.717) is 19.3 Å². The Morgan fingerprint density at radius 2 is 0.750 bits per heavy atom. The average molecular weight is 853 g/mol. The molecule has 5 atom stereocenters. The number of nitrogens with two attached hydrogens (primary N) is 1. The lowest BCUT2D eigenvalue weighted by atomic mass is 9.99. The fraction of sp³-hybridized carbons (Fsp3) is 0.981. The van der Waals surface area contributed by atoms with Gasteiger partial charge in [0, 0.05) is 24.8 Å². The van der Waals surface area contributed by atoms with E-state index < -0.39 is 18.3 Å². The maximum Gasteiger partial charge on any atom is 0.220 e. The van der Waals surface area contributed by atoms with Crippen molar-refractivity contribution in [2.75, 3.05) is 0 Å². The summed E-state index contributed by atoms with van der Waals surface area (Å²) in [6.07, 6.45) is 48.4. The molecule has 0 aromatic carbocycles. The van der Waals surface area contributed by atoms with E-state index in [1.807, 2.05) is 6.92 Å². The Kier molecular flexibility index (Phi) is 43.0. The number of unbranched alkanes of at least 4 members (excludes halogenated alkanes) is 32. The number of hydrogen-bond acceptors (Lipinski definition) is 6. The highest BCUT2D eigenvalue weighted by atomic mass is 16.3. The summed E-state index contributed by atoms with van der Waals surface area (Å²) in [6.45, 7) is 8.64. The van der Waals surface area contributed by atoms with Crippen LogP contribution in [0.4, 0.5) is 0 Å². The van der Waals surface area contributed by atoms with E-state index in [9.17, 15) is 25.2 Å². The number of carbonyl (C=O) groups excluding carboxylic acids is 1. The van der Waals surface area contributed by atoms with Gasteiger partial charge in [-0.15, -0.1) is 0 Å². The monoisotopic (exact) mass is 853 g/mol. The molecule has 0 saturated heterocycles. The molecule has 360 valence electrons. The average Bonchev–Trinajstić information content (AvgIpc) is 3.99. The predicted molar refractivity (Wildman–Crippen MR) is 259 cm³/mol. The van der Waals surface area contributed by atoms with Gasteiger partial charge in [0.2, 0.25) is 5.91 Å². The molecule has 0 aromatic heterocycles. The van der Waals surface area contributed by atoms with Gasteiger partial charge in [0.25, 0.3) is 0 Å². The quantitative estimate of drug-likeness (QED) is 0.0338. The SMILES string of the molecule is CCCCCCCCCCCCCC(O)CC(O)C1(N)CC1.CCCCCCCCCCCCCCCC(=O)N[C@@H](C)[C@@H](O)C[C@@H](O)CCCCCCCCCCCCC. The van der Waals surface area contributed by atoms with E-state index in [0.717, 1.165) is 57.8 Å². The summed E-state index contributed by atoms with van der Waals surface area (Å²) in [4.78, 5) is 12.2. The molecule has 0 aliphatic heterocycles. The molecule has 1 saturated carbocycles. The van der Waals surface area contributed by atoms with Crippen LogP contribution in [-0.4, -0.2) is 62.3 Å². The van der Waals surface area contributed by atoms with Gasteiger partial charge in [-0.05, 0) is 39.0 Å². The van der Waals surface area contributed by atoms with Crippen LogP contribution in [0, 0.1) is 0 Å². The van der Waals surface area contributed by atoms with E-state index in [1.165, 1.54) is 193 Å². The summed E-state index contributed by atoms with van der Waals surface area (Å²) in [5.41, 5.74) is 5.56. The van der Waals surface area contributed by atoms with Crippen LogP contribution in [0.25, 0.3) is 0 Å². The molecule has 0 bridgehead atoms. The van der Waals surface area contributed by atoms with Crippen molar-refractivity contribution in [1.29, 1.82) is 0 Å². The van der Waals surface area contributed by atoms with Crippen LogP contribution in [0.5, 0.6) is 0 Å². The number of aliphatic hydroxyl groups is 4. The zero-order valence-electron chi connectivity index (χ0n) is 40.9. The molecule has 0 heterocycles. The first-order chi connectivity index (χ1) is 29.1. The second-order valence-corrected chi connectivity index (χ2v) is 19.6. The van der Waals surface area contributed by atoms with Crippen LogP contribution in [0.15, 0.2) is 0 Å². The smallest absolute Gasteiger partial charge is 0.220 e. The molecular weight excluding hydrogens is 745 g/mol. The Morgan fingerprint density at radius 3 is 1.07 bits per heavy atom. The predicted octanol–water partition coefficient (Wildman–Crippen LogP) is 14.1. The summed E-state index contributed by atoms with van der Waals surface area (Å²) >= 11 is 0. The standard InChI is InChI=1S/C34H69NO3.C19H39NO2/c1-4-6-8-10-12-14-16-17-19-21-23-25-27-29-34(38)35-31(3)33(37)30-32(36)28-26-24-22-20-18-15-13-11-9-7-5-2;1-2-3-4-5-6-7-8-9-10-11-12-13-17(21)16-18(22)19(20)14-15-19/h31-33,36-37H,4-30H2,1-3H3,(H,35,38);17-18,21-22H,2-16,20H2,1H3/t31-,32-,33-;/m0./s1. The highest BCUT2D eigenvalue weighted by Gasteiger charge is 2.45. The van der Waals surface area contributed by atoms with Crippen LogP contribution in [0.3, 0.4) is 0 Å². The van der Waals surface area contributed by atoms with Crippen molar-refractivity contribution in [3.05, 3.63) is 0 Å². The van der Waals surface area contributed by atoms with Crippen LogP contribution >= 0.6 is 0 Å². The Morgan fingerprint density at radius 1 is 0.467 bits per heavy atom. The minimum atomic E-state index is -0.687. The second kappa shape index (κ2) is 43.5. The largest absolute Gasteiger partial charge is 0.393 e. The topological polar surface area (TPSA) is 136 Å². The molecule has 0 aromatic rings. The molecule has 2 unspecified atom stereocenters. The van der Waals surface area contributed by atoms with E-state index in [2.05, 4.69) is 26.1 Å². The van der Waals surface area contributed by atoms with Gasteiger partial charge < -0.3 is 31.5 Å². The number of carbonyl (C=O) groups is 1. The van der Waals surface area contributed by atoms with Gasteiger partial charge in [-0.2, -0.15) is 0 Å². The zero-order chi connectivity index (χ0) is 44.4. The second-order valence-electron chi connectivity index (χ2n) is 19.6. The van der Waals surface area contributed by atoms with Crippen molar-refractivity contribution in [2.45, 2.75) is 333 Å². The van der Waals surface area contributed by atoms with E-state index in [-0.39, 0.29) is 23.6 Å². The van der Waals surface area contributed by atoms with Crippen LogP contribution in [0.1, 0.15) is 297 Å². The zero-order valence-corrected chi connectivity index (χ0v) is 40.9. The van der Waals surface area contributed by atoms with Gasteiger partial charge >= 0.3 is 0 Å².